The monoisotopic (exact) mass is 277 g/mol. The average Bonchev–Trinajstić information content (AvgIpc) is 2.38. The predicted octanol–water partition coefficient (Wildman–Crippen LogP) is 4.28. The quantitative estimate of drug-likeness (QED) is 0.771. The fourth-order valence-corrected chi connectivity index (χ4v) is 2.01. The molecule has 0 saturated carbocycles. The van der Waals surface area contributed by atoms with Crippen LogP contribution in [0.15, 0.2) is 24.3 Å². The molecule has 0 radical (unpaired) electrons. The van der Waals surface area contributed by atoms with Crippen LogP contribution in [-0.4, -0.2) is 24.2 Å². The highest BCUT2D eigenvalue weighted by atomic mass is 16.4. The summed E-state index contributed by atoms with van der Waals surface area (Å²) in [5.74, 6) is 0.483. The Morgan fingerprint density at radius 1 is 1.00 bits per heavy atom. The molecule has 1 rings (SSSR count). The third-order valence-corrected chi connectivity index (χ3v) is 3.43. The Morgan fingerprint density at radius 2 is 1.45 bits per heavy atom. The van der Waals surface area contributed by atoms with Crippen LogP contribution in [0.25, 0.3) is 0 Å². The van der Waals surface area contributed by atoms with Gasteiger partial charge in [0.1, 0.15) is 0 Å². The largest absolute Gasteiger partial charge is 0.478 e. The van der Waals surface area contributed by atoms with Crippen LogP contribution < -0.4 is 4.90 Å². The van der Waals surface area contributed by atoms with Gasteiger partial charge in [0.15, 0.2) is 0 Å². The van der Waals surface area contributed by atoms with Gasteiger partial charge in [-0.25, -0.2) is 4.79 Å². The van der Waals surface area contributed by atoms with Crippen molar-refractivity contribution < 1.29 is 9.90 Å². The van der Waals surface area contributed by atoms with E-state index < -0.39 is 5.97 Å². The van der Waals surface area contributed by atoms with E-state index in [-0.39, 0.29) is 0 Å². The third kappa shape index (κ3) is 5.64. The molecule has 1 N–H and O–H groups in total. The molecule has 0 unspecified atom stereocenters. The van der Waals surface area contributed by atoms with E-state index in [0.29, 0.717) is 17.4 Å². The Bertz CT molecular complexity index is 398. The summed E-state index contributed by atoms with van der Waals surface area (Å²) in [6.07, 6.45) is 2.30. The molecule has 0 aromatic heterocycles. The first kappa shape index (κ1) is 16.5. The van der Waals surface area contributed by atoms with Crippen LogP contribution in [0.1, 0.15) is 50.9 Å². The number of benzene rings is 1. The van der Waals surface area contributed by atoms with Gasteiger partial charge in [-0.05, 0) is 48.9 Å². The molecule has 3 nitrogen and oxygen atoms in total. The van der Waals surface area contributed by atoms with E-state index in [4.69, 9.17) is 5.11 Å². The summed E-state index contributed by atoms with van der Waals surface area (Å²) in [5.41, 5.74) is 1.47. The van der Waals surface area contributed by atoms with E-state index in [2.05, 4.69) is 32.6 Å². The molecule has 0 aliphatic carbocycles. The summed E-state index contributed by atoms with van der Waals surface area (Å²) >= 11 is 0. The molecule has 112 valence electrons. The fraction of sp³-hybridized carbons (Fsp3) is 0.588. The van der Waals surface area contributed by atoms with Crippen LogP contribution >= 0.6 is 0 Å². The first-order chi connectivity index (χ1) is 9.40. The van der Waals surface area contributed by atoms with Gasteiger partial charge < -0.3 is 10.0 Å². The topological polar surface area (TPSA) is 40.5 Å². The van der Waals surface area contributed by atoms with Crippen LogP contribution in [0.2, 0.25) is 0 Å². The van der Waals surface area contributed by atoms with Gasteiger partial charge in [0.2, 0.25) is 0 Å². The number of carboxylic acid groups (broad SMARTS) is 1. The van der Waals surface area contributed by atoms with Crippen LogP contribution in [0.3, 0.4) is 0 Å². The smallest absolute Gasteiger partial charge is 0.335 e. The van der Waals surface area contributed by atoms with Gasteiger partial charge in [-0.1, -0.05) is 27.7 Å². The standard InChI is InChI=1S/C17H27NO2/c1-13(2)9-11-18(12-10-14(3)4)16-7-5-15(6-8-16)17(19)20/h5-8,13-14H,9-12H2,1-4H3,(H,19,20). The molecule has 0 aliphatic rings. The van der Waals surface area contributed by atoms with Crippen molar-refractivity contribution in [2.24, 2.45) is 11.8 Å². The lowest BCUT2D eigenvalue weighted by Gasteiger charge is -2.26. The molecule has 3 heteroatoms. The van der Waals surface area contributed by atoms with Gasteiger partial charge in [0.25, 0.3) is 0 Å². The Labute approximate surface area is 122 Å². The minimum Gasteiger partial charge on any atom is -0.478 e. The lowest BCUT2D eigenvalue weighted by molar-refractivity contribution is 0.0697. The highest BCUT2D eigenvalue weighted by Crippen LogP contribution is 2.18. The number of aromatic carboxylic acids is 1. The Balaban J connectivity index is 2.76. The maximum atomic E-state index is 10.9. The van der Waals surface area contributed by atoms with Gasteiger partial charge in [-0.3, -0.25) is 0 Å². The maximum absolute atomic E-state index is 10.9. The number of carbonyl (C=O) groups is 1. The molecular formula is C17H27NO2. The summed E-state index contributed by atoms with van der Waals surface area (Å²) in [7, 11) is 0. The van der Waals surface area contributed by atoms with Crippen LogP contribution in [-0.2, 0) is 0 Å². The Morgan fingerprint density at radius 3 is 1.80 bits per heavy atom. The van der Waals surface area contributed by atoms with Crippen LogP contribution in [0, 0.1) is 11.8 Å². The summed E-state index contributed by atoms with van der Waals surface area (Å²) in [4.78, 5) is 13.3. The molecule has 0 fully saturated rings. The van der Waals surface area contributed by atoms with Crippen molar-refractivity contribution >= 4 is 11.7 Å². The molecule has 1 aromatic rings. The van der Waals surface area contributed by atoms with Crippen molar-refractivity contribution in [1.29, 1.82) is 0 Å². The van der Waals surface area contributed by atoms with E-state index in [1.807, 2.05) is 12.1 Å². The molecule has 20 heavy (non-hydrogen) atoms. The molecule has 0 amide bonds. The lowest BCUT2D eigenvalue weighted by atomic mass is 10.1. The van der Waals surface area contributed by atoms with Gasteiger partial charge >= 0.3 is 5.97 Å². The molecule has 0 aliphatic heterocycles. The second kappa shape index (κ2) is 7.93. The lowest BCUT2D eigenvalue weighted by Crippen LogP contribution is -2.27. The number of anilines is 1. The molecular weight excluding hydrogens is 250 g/mol. The van der Waals surface area contributed by atoms with Crippen molar-refractivity contribution in [2.75, 3.05) is 18.0 Å². The molecule has 0 heterocycles. The van der Waals surface area contributed by atoms with E-state index in [9.17, 15) is 4.79 Å². The minimum atomic E-state index is -0.868. The third-order valence-electron chi connectivity index (χ3n) is 3.43. The molecule has 0 atom stereocenters. The van der Waals surface area contributed by atoms with Crippen molar-refractivity contribution in [2.45, 2.75) is 40.5 Å². The SMILES string of the molecule is CC(C)CCN(CCC(C)C)c1ccc(C(=O)O)cc1. The normalized spacial score (nSPS) is 11.1. The summed E-state index contributed by atoms with van der Waals surface area (Å²) in [6.45, 7) is 11.0. The number of hydrogen-bond donors (Lipinski definition) is 1. The number of nitrogens with zero attached hydrogens (tertiary/aromatic N) is 1. The zero-order chi connectivity index (χ0) is 15.1. The van der Waals surface area contributed by atoms with Gasteiger partial charge in [-0.2, -0.15) is 0 Å². The molecule has 0 saturated heterocycles. The van der Waals surface area contributed by atoms with Crippen molar-refractivity contribution in [1.82, 2.24) is 0 Å². The highest BCUT2D eigenvalue weighted by molar-refractivity contribution is 5.88. The van der Waals surface area contributed by atoms with Crippen molar-refractivity contribution in [3.8, 4) is 0 Å². The van der Waals surface area contributed by atoms with Crippen LogP contribution in [0.4, 0.5) is 5.69 Å². The predicted molar refractivity (Wildman–Crippen MR) is 84.5 cm³/mol. The first-order valence-electron chi connectivity index (χ1n) is 7.48. The number of carboxylic acids is 1. The summed E-state index contributed by atoms with van der Waals surface area (Å²) < 4.78 is 0. The minimum absolute atomic E-state index is 0.349. The van der Waals surface area contributed by atoms with E-state index in [1.165, 1.54) is 0 Å². The average molecular weight is 277 g/mol. The highest BCUT2D eigenvalue weighted by Gasteiger charge is 2.10. The zero-order valence-corrected chi connectivity index (χ0v) is 13.1. The zero-order valence-electron chi connectivity index (χ0n) is 13.1. The number of hydrogen-bond acceptors (Lipinski definition) is 2. The van der Waals surface area contributed by atoms with E-state index in [1.54, 1.807) is 12.1 Å². The van der Waals surface area contributed by atoms with E-state index >= 15 is 0 Å². The Kier molecular flexibility index (Phi) is 6.56. The van der Waals surface area contributed by atoms with Crippen molar-refractivity contribution in [3.63, 3.8) is 0 Å². The summed E-state index contributed by atoms with van der Waals surface area (Å²) in [6, 6.07) is 7.22. The Hall–Kier alpha value is -1.51. The van der Waals surface area contributed by atoms with Crippen molar-refractivity contribution in [3.05, 3.63) is 29.8 Å². The first-order valence-corrected chi connectivity index (χ1v) is 7.48. The second-order valence-electron chi connectivity index (χ2n) is 6.20. The summed E-state index contributed by atoms with van der Waals surface area (Å²) in [5, 5.41) is 8.95. The number of rotatable bonds is 8. The fourth-order valence-electron chi connectivity index (χ4n) is 2.01. The molecule has 0 bridgehead atoms. The van der Waals surface area contributed by atoms with Gasteiger partial charge in [-0.15, -0.1) is 0 Å². The maximum Gasteiger partial charge on any atom is 0.335 e. The second-order valence-corrected chi connectivity index (χ2v) is 6.20. The molecule has 1 aromatic carbocycles. The molecule has 0 spiro atoms. The van der Waals surface area contributed by atoms with Gasteiger partial charge in [0.05, 0.1) is 5.56 Å². The van der Waals surface area contributed by atoms with Crippen LogP contribution in [0.5, 0.6) is 0 Å². The van der Waals surface area contributed by atoms with Gasteiger partial charge in [0, 0.05) is 18.8 Å². The van der Waals surface area contributed by atoms with E-state index in [0.717, 1.165) is 31.6 Å².